The fourth-order valence-electron chi connectivity index (χ4n) is 0.905. The van der Waals surface area contributed by atoms with Gasteiger partial charge in [-0.05, 0) is 0 Å². The van der Waals surface area contributed by atoms with Gasteiger partial charge in [0.15, 0.2) is 5.15 Å². The maximum atomic E-state index is 11.3. The maximum absolute atomic E-state index is 11.3. The van der Waals surface area contributed by atoms with Gasteiger partial charge < -0.3 is 0 Å². The molecule has 0 atom stereocenters. The van der Waals surface area contributed by atoms with Crippen LogP contribution in [-0.4, -0.2) is 14.5 Å². The molecule has 0 fully saturated rings. The number of halogens is 1. The van der Waals surface area contributed by atoms with Gasteiger partial charge >= 0.3 is 0 Å². The average Bonchev–Trinajstić information content (AvgIpc) is 1.97. The van der Waals surface area contributed by atoms with E-state index in [0.717, 1.165) is 5.03 Å². The lowest BCUT2D eigenvalue weighted by molar-refractivity contribution is 0.652. The van der Waals surface area contributed by atoms with E-state index in [1.54, 1.807) is 23.5 Å². The Bertz CT molecular complexity index is 395. The van der Waals surface area contributed by atoms with Crippen molar-refractivity contribution in [2.75, 3.05) is 0 Å². The van der Waals surface area contributed by atoms with Crippen LogP contribution >= 0.6 is 23.4 Å². The van der Waals surface area contributed by atoms with E-state index in [0.29, 0.717) is 0 Å². The summed E-state index contributed by atoms with van der Waals surface area (Å²) in [5, 5.41) is 4.75. The summed E-state index contributed by atoms with van der Waals surface area (Å²) in [5.74, 6) is 0. The van der Waals surface area contributed by atoms with Crippen molar-refractivity contribution in [2.45, 2.75) is 30.5 Å². The van der Waals surface area contributed by atoms with Crippen LogP contribution in [0.2, 0.25) is 5.15 Å². The van der Waals surface area contributed by atoms with Crippen LogP contribution in [0.5, 0.6) is 0 Å². The summed E-state index contributed by atoms with van der Waals surface area (Å²) in [5.41, 5.74) is -0.225. The van der Waals surface area contributed by atoms with Crippen molar-refractivity contribution in [3.05, 3.63) is 21.4 Å². The van der Waals surface area contributed by atoms with Crippen molar-refractivity contribution in [3.8, 4) is 0 Å². The Morgan fingerprint density at radius 1 is 1.50 bits per heavy atom. The fourth-order valence-corrected chi connectivity index (χ4v) is 2.04. The first-order chi connectivity index (χ1) is 6.29. The maximum Gasteiger partial charge on any atom is 0.220 e. The van der Waals surface area contributed by atoms with Gasteiger partial charge in [-0.15, -0.1) is 11.8 Å². The Hall–Kier alpha value is -0.480. The molecule has 78 valence electrons. The van der Waals surface area contributed by atoms with E-state index in [9.17, 15) is 4.79 Å². The molecule has 0 aliphatic heterocycles. The summed E-state index contributed by atoms with van der Waals surface area (Å²) in [6, 6.07) is 1.52. The molecule has 0 saturated carbocycles. The zero-order valence-electron chi connectivity index (χ0n) is 8.67. The highest BCUT2D eigenvalue weighted by Gasteiger charge is 2.15. The summed E-state index contributed by atoms with van der Waals surface area (Å²) in [7, 11) is 1.78. The predicted molar refractivity (Wildman–Crippen MR) is 60.1 cm³/mol. The molecule has 1 heterocycles. The largest absolute Gasteiger partial charge is 0.286 e. The number of nitrogens with zero attached hydrogens (tertiary/aromatic N) is 2. The van der Waals surface area contributed by atoms with Crippen molar-refractivity contribution in [3.63, 3.8) is 0 Å². The monoisotopic (exact) mass is 232 g/mol. The van der Waals surface area contributed by atoms with Crippen molar-refractivity contribution in [1.82, 2.24) is 9.78 Å². The molecule has 0 amide bonds. The molecule has 0 aromatic carbocycles. The lowest BCUT2D eigenvalue weighted by Gasteiger charge is -2.18. The Labute approximate surface area is 92.5 Å². The number of thioether (sulfide) groups is 1. The number of rotatable bonds is 1. The van der Waals surface area contributed by atoms with Gasteiger partial charge in [0.1, 0.15) is 0 Å². The zero-order valence-corrected chi connectivity index (χ0v) is 10.2. The summed E-state index contributed by atoms with van der Waals surface area (Å²) >= 11 is 7.20. The van der Waals surface area contributed by atoms with E-state index in [2.05, 4.69) is 25.9 Å². The standard InChI is InChI=1S/C9H13ClN2OS/c1-9(2,3)14-7-5-6(13)8(10)11-12(7)4/h5H,1-4H3. The molecule has 0 N–H and O–H groups in total. The molecule has 3 nitrogen and oxygen atoms in total. The third-order valence-corrected chi connectivity index (χ3v) is 2.89. The van der Waals surface area contributed by atoms with Crippen LogP contribution in [0.1, 0.15) is 20.8 Å². The molecule has 0 bridgehead atoms. The van der Waals surface area contributed by atoms with Gasteiger partial charge in [0.05, 0.1) is 5.03 Å². The molecule has 0 spiro atoms. The minimum atomic E-state index is -0.225. The first-order valence-electron chi connectivity index (χ1n) is 4.22. The topological polar surface area (TPSA) is 34.9 Å². The first kappa shape index (κ1) is 11.6. The number of hydrogen-bond donors (Lipinski definition) is 0. The second kappa shape index (κ2) is 3.95. The molecular formula is C9H13ClN2OS. The number of aromatic nitrogens is 2. The minimum absolute atomic E-state index is 0.0192. The molecule has 0 aliphatic rings. The smallest absolute Gasteiger partial charge is 0.220 e. The quantitative estimate of drug-likeness (QED) is 0.697. The SMILES string of the molecule is Cn1nc(Cl)c(=O)cc1SC(C)(C)C. The minimum Gasteiger partial charge on any atom is -0.286 e. The third-order valence-electron chi connectivity index (χ3n) is 1.43. The molecule has 1 aromatic heterocycles. The second-order valence-corrected chi connectivity index (χ2v) is 6.18. The van der Waals surface area contributed by atoms with Crippen molar-refractivity contribution in [2.24, 2.45) is 7.05 Å². The normalized spacial score (nSPS) is 11.8. The highest BCUT2D eigenvalue weighted by atomic mass is 35.5. The summed E-state index contributed by atoms with van der Waals surface area (Å²) in [4.78, 5) is 11.3. The van der Waals surface area contributed by atoms with Crippen LogP contribution in [0.15, 0.2) is 15.9 Å². The molecule has 0 aliphatic carbocycles. The van der Waals surface area contributed by atoms with Crippen LogP contribution in [0.3, 0.4) is 0 Å². The average molecular weight is 233 g/mol. The Morgan fingerprint density at radius 2 is 2.07 bits per heavy atom. The lowest BCUT2D eigenvalue weighted by atomic mass is 10.3. The predicted octanol–water partition coefficient (Wildman–Crippen LogP) is 2.32. The van der Waals surface area contributed by atoms with E-state index in [-0.39, 0.29) is 15.3 Å². The van der Waals surface area contributed by atoms with Crippen LogP contribution in [0.25, 0.3) is 0 Å². The second-order valence-electron chi connectivity index (χ2n) is 3.98. The van der Waals surface area contributed by atoms with Gasteiger partial charge in [0.2, 0.25) is 5.43 Å². The van der Waals surface area contributed by atoms with Gasteiger partial charge in [-0.25, -0.2) is 0 Å². The third kappa shape index (κ3) is 3.03. The number of aryl methyl sites for hydroxylation is 1. The van der Waals surface area contributed by atoms with Gasteiger partial charge in [0, 0.05) is 17.9 Å². The fraction of sp³-hybridized carbons (Fsp3) is 0.556. The van der Waals surface area contributed by atoms with Crippen LogP contribution in [-0.2, 0) is 7.05 Å². The Morgan fingerprint density at radius 3 is 2.57 bits per heavy atom. The summed E-state index contributed by atoms with van der Waals surface area (Å²) in [6.45, 7) is 6.24. The van der Waals surface area contributed by atoms with Gasteiger partial charge in [-0.3, -0.25) is 9.48 Å². The zero-order chi connectivity index (χ0) is 10.9. The molecule has 14 heavy (non-hydrogen) atoms. The molecule has 1 aromatic rings. The van der Waals surface area contributed by atoms with E-state index in [1.807, 2.05) is 0 Å². The van der Waals surface area contributed by atoms with Gasteiger partial charge in [0.25, 0.3) is 0 Å². The summed E-state index contributed by atoms with van der Waals surface area (Å²) < 4.78 is 1.68. The van der Waals surface area contributed by atoms with Crippen molar-refractivity contribution in [1.29, 1.82) is 0 Å². The molecule has 1 rings (SSSR count). The molecule has 0 unspecified atom stereocenters. The van der Waals surface area contributed by atoms with E-state index in [4.69, 9.17) is 11.6 Å². The first-order valence-corrected chi connectivity index (χ1v) is 5.42. The van der Waals surface area contributed by atoms with Crippen LogP contribution in [0.4, 0.5) is 0 Å². The molecular weight excluding hydrogens is 220 g/mol. The van der Waals surface area contributed by atoms with E-state index in [1.165, 1.54) is 6.07 Å². The number of hydrogen-bond acceptors (Lipinski definition) is 3. The molecule has 0 radical (unpaired) electrons. The highest BCUT2D eigenvalue weighted by Crippen LogP contribution is 2.30. The van der Waals surface area contributed by atoms with E-state index < -0.39 is 0 Å². The van der Waals surface area contributed by atoms with Gasteiger partial charge in [-0.2, -0.15) is 5.10 Å². The van der Waals surface area contributed by atoms with Crippen molar-refractivity contribution >= 4 is 23.4 Å². The van der Waals surface area contributed by atoms with Crippen LogP contribution in [0, 0.1) is 0 Å². The molecule has 0 saturated heterocycles. The highest BCUT2D eigenvalue weighted by molar-refractivity contribution is 8.00. The Balaban J connectivity index is 3.11. The summed E-state index contributed by atoms with van der Waals surface area (Å²) in [6.07, 6.45) is 0. The van der Waals surface area contributed by atoms with Gasteiger partial charge in [-0.1, -0.05) is 32.4 Å². The van der Waals surface area contributed by atoms with E-state index >= 15 is 0 Å². The lowest BCUT2D eigenvalue weighted by Crippen LogP contribution is -2.15. The van der Waals surface area contributed by atoms with Crippen LogP contribution < -0.4 is 5.43 Å². The molecule has 5 heteroatoms. The Kier molecular flexibility index (Phi) is 3.27. The van der Waals surface area contributed by atoms with Crippen molar-refractivity contribution < 1.29 is 0 Å².